The van der Waals surface area contributed by atoms with E-state index < -0.39 is 54.0 Å². The predicted octanol–water partition coefficient (Wildman–Crippen LogP) is 6.02. The van der Waals surface area contributed by atoms with Crippen molar-refractivity contribution in [1.82, 2.24) is 4.98 Å². The molecule has 1 amide bonds. The Kier molecular flexibility index (Phi) is 6.32. The minimum absolute atomic E-state index is 0.0894. The van der Waals surface area contributed by atoms with Crippen LogP contribution in [-0.4, -0.2) is 17.5 Å². The van der Waals surface area contributed by atoms with Crippen molar-refractivity contribution in [2.24, 2.45) is 0 Å². The van der Waals surface area contributed by atoms with Gasteiger partial charge in [-0.2, -0.15) is 17.6 Å². The second kappa shape index (κ2) is 9.21. The molecular weight excluding hydrogens is 497 g/mol. The molecule has 34 heavy (non-hydrogen) atoms. The van der Waals surface area contributed by atoms with Crippen LogP contribution in [0.5, 0.6) is 11.5 Å². The SMILES string of the molecule is O=C(Nc1nc2ccc(OC(F)F)cc2s1)c1ccc(COc2c(F)c(F)c(F)c(F)c2F)o1. The van der Waals surface area contributed by atoms with Crippen molar-refractivity contribution < 1.29 is 49.4 Å². The van der Waals surface area contributed by atoms with Crippen LogP contribution in [0.3, 0.4) is 0 Å². The molecule has 0 bridgehead atoms. The number of ether oxygens (including phenoxy) is 2. The van der Waals surface area contributed by atoms with Crippen LogP contribution < -0.4 is 14.8 Å². The molecule has 2 heterocycles. The largest absolute Gasteiger partial charge is 0.479 e. The lowest BCUT2D eigenvalue weighted by Crippen LogP contribution is -2.10. The van der Waals surface area contributed by atoms with Crippen LogP contribution in [0.1, 0.15) is 16.3 Å². The van der Waals surface area contributed by atoms with Gasteiger partial charge in [0.2, 0.25) is 29.1 Å². The van der Waals surface area contributed by atoms with Crippen molar-refractivity contribution in [2.45, 2.75) is 13.2 Å². The molecule has 0 atom stereocenters. The van der Waals surface area contributed by atoms with Gasteiger partial charge < -0.3 is 13.9 Å². The Hall–Kier alpha value is -3.81. The zero-order chi connectivity index (χ0) is 24.6. The van der Waals surface area contributed by atoms with Gasteiger partial charge in [0.05, 0.1) is 10.2 Å². The van der Waals surface area contributed by atoms with Gasteiger partial charge in [0, 0.05) is 0 Å². The first-order valence-corrected chi connectivity index (χ1v) is 9.85. The van der Waals surface area contributed by atoms with Crippen LogP contribution in [0.4, 0.5) is 35.9 Å². The van der Waals surface area contributed by atoms with E-state index in [1.165, 1.54) is 30.3 Å². The van der Waals surface area contributed by atoms with Gasteiger partial charge in [0.1, 0.15) is 18.1 Å². The zero-order valence-electron chi connectivity index (χ0n) is 16.3. The summed E-state index contributed by atoms with van der Waals surface area (Å²) in [5.41, 5.74) is 0.401. The highest BCUT2D eigenvalue weighted by atomic mass is 32.1. The summed E-state index contributed by atoms with van der Waals surface area (Å²) in [6.07, 6.45) is 0. The second-order valence-corrected chi connectivity index (χ2v) is 7.47. The summed E-state index contributed by atoms with van der Waals surface area (Å²) in [4.78, 5) is 16.5. The molecule has 0 saturated heterocycles. The van der Waals surface area contributed by atoms with E-state index in [1.807, 2.05) is 0 Å². The number of fused-ring (bicyclic) bond motifs is 1. The molecular formula is C20H9F7N2O4S. The van der Waals surface area contributed by atoms with Crippen molar-refractivity contribution >= 4 is 32.6 Å². The summed E-state index contributed by atoms with van der Waals surface area (Å²) in [6.45, 7) is -3.75. The van der Waals surface area contributed by atoms with Crippen molar-refractivity contribution in [3.8, 4) is 11.5 Å². The van der Waals surface area contributed by atoms with Crippen LogP contribution in [0.2, 0.25) is 0 Å². The molecule has 2 aromatic heterocycles. The molecule has 0 aliphatic rings. The lowest BCUT2D eigenvalue weighted by Gasteiger charge is -2.09. The van der Waals surface area contributed by atoms with E-state index >= 15 is 0 Å². The molecule has 0 aliphatic heterocycles. The molecule has 0 unspecified atom stereocenters. The lowest BCUT2D eigenvalue weighted by atomic mass is 10.2. The summed E-state index contributed by atoms with van der Waals surface area (Å²) in [7, 11) is 0. The molecule has 0 radical (unpaired) electrons. The number of thiazole rings is 1. The van der Waals surface area contributed by atoms with Gasteiger partial charge in [0.15, 0.2) is 16.6 Å². The third kappa shape index (κ3) is 4.62. The number of anilines is 1. The molecule has 14 heteroatoms. The first kappa shape index (κ1) is 23.4. The minimum atomic E-state index is -3.00. The van der Waals surface area contributed by atoms with E-state index in [1.54, 1.807) is 0 Å². The number of furan rings is 1. The van der Waals surface area contributed by atoms with Crippen LogP contribution in [-0.2, 0) is 6.61 Å². The number of amides is 1. The van der Waals surface area contributed by atoms with E-state index in [0.717, 1.165) is 11.3 Å². The third-order valence-corrected chi connectivity index (χ3v) is 5.15. The number of nitrogens with zero attached hydrogens (tertiary/aromatic N) is 1. The van der Waals surface area contributed by atoms with Crippen LogP contribution in [0.25, 0.3) is 10.2 Å². The number of halogens is 7. The second-order valence-electron chi connectivity index (χ2n) is 6.43. The van der Waals surface area contributed by atoms with Crippen LogP contribution >= 0.6 is 11.3 Å². The number of aromatic nitrogens is 1. The van der Waals surface area contributed by atoms with Crippen molar-refractivity contribution in [3.63, 3.8) is 0 Å². The molecule has 6 nitrogen and oxygen atoms in total. The Labute approximate surface area is 188 Å². The third-order valence-electron chi connectivity index (χ3n) is 4.22. The maximum Gasteiger partial charge on any atom is 0.387 e. The number of hydrogen-bond acceptors (Lipinski definition) is 6. The van der Waals surface area contributed by atoms with Gasteiger partial charge in [-0.15, -0.1) is 0 Å². The predicted molar refractivity (Wildman–Crippen MR) is 103 cm³/mol. The Morgan fingerprint density at radius 1 is 1.00 bits per heavy atom. The molecule has 178 valence electrons. The van der Waals surface area contributed by atoms with Crippen LogP contribution in [0, 0.1) is 29.1 Å². The first-order valence-electron chi connectivity index (χ1n) is 9.03. The Balaban J connectivity index is 1.44. The zero-order valence-corrected chi connectivity index (χ0v) is 17.1. The van der Waals surface area contributed by atoms with E-state index in [0.29, 0.717) is 10.2 Å². The minimum Gasteiger partial charge on any atom is -0.479 e. The topological polar surface area (TPSA) is 73.6 Å². The van der Waals surface area contributed by atoms with Crippen LogP contribution in [0.15, 0.2) is 34.7 Å². The number of carbonyl (C=O) groups excluding carboxylic acids is 1. The number of carbonyl (C=O) groups is 1. The molecule has 4 aromatic rings. The highest BCUT2D eigenvalue weighted by Crippen LogP contribution is 2.31. The summed E-state index contributed by atoms with van der Waals surface area (Å²) in [5.74, 6) is -13.8. The molecule has 4 rings (SSSR count). The Morgan fingerprint density at radius 2 is 1.68 bits per heavy atom. The average Bonchev–Trinajstić information content (AvgIpc) is 3.42. The number of benzene rings is 2. The molecule has 2 aromatic carbocycles. The molecule has 0 aliphatic carbocycles. The van der Waals surface area contributed by atoms with Crippen molar-refractivity contribution in [2.75, 3.05) is 5.32 Å². The van der Waals surface area contributed by atoms with Gasteiger partial charge in [-0.1, -0.05) is 11.3 Å². The standard InChI is InChI=1S/C20H9F7N2O4S/c21-12-13(22)15(24)17(16(25)14(12)23)31-6-8-2-4-10(32-8)18(30)29-20-28-9-3-1-7(33-19(26)27)5-11(9)34-20/h1-5,19H,6H2,(H,28,29,30). The summed E-state index contributed by atoms with van der Waals surface area (Å²) >= 11 is 0.964. The summed E-state index contributed by atoms with van der Waals surface area (Å²) in [5, 5.41) is 2.52. The fourth-order valence-corrected chi connectivity index (χ4v) is 3.61. The van der Waals surface area contributed by atoms with E-state index in [9.17, 15) is 35.5 Å². The smallest absolute Gasteiger partial charge is 0.387 e. The van der Waals surface area contributed by atoms with Gasteiger partial charge in [0.25, 0.3) is 5.91 Å². The lowest BCUT2D eigenvalue weighted by molar-refractivity contribution is -0.0497. The fourth-order valence-electron chi connectivity index (χ4n) is 2.73. The number of hydrogen-bond donors (Lipinski definition) is 1. The number of alkyl halides is 2. The monoisotopic (exact) mass is 506 g/mol. The Bertz CT molecular complexity index is 1360. The van der Waals surface area contributed by atoms with E-state index in [4.69, 9.17) is 4.42 Å². The molecule has 0 fully saturated rings. The molecule has 0 spiro atoms. The first-order chi connectivity index (χ1) is 16.1. The van der Waals surface area contributed by atoms with E-state index in [-0.39, 0.29) is 22.4 Å². The Morgan fingerprint density at radius 3 is 2.35 bits per heavy atom. The number of rotatable bonds is 7. The molecule has 1 N–H and O–H groups in total. The van der Waals surface area contributed by atoms with Gasteiger partial charge in [-0.05, 0) is 30.3 Å². The molecule has 0 saturated carbocycles. The van der Waals surface area contributed by atoms with Gasteiger partial charge in [-0.25, -0.2) is 18.2 Å². The average molecular weight is 506 g/mol. The highest BCUT2D eigenvalue weighted by molar-refractivity contribution is 7.22. The van der Waals surface area contributed by atoms with Crippen molar-refractivity contribution in [1.29, 1.82) is 0 Å². The maximum atomic E-state index is 13.7. The maximum absolute atomic E-state index is 13.7. The number of nitrogens with one attached hydrogen (secondary N) is 1. The van der Waals surface area contributed by atoms with Gasteiger partial charge in [-0.3, -0.25) is 10.1 Å². The quantitative estimate of drug-likeness (QED) is 0.189. The highest BCUT2D eigenvalue weighted by Gasteiger charge is 2.27. The summed E-state index contributed by atoms with van der Waals surface area (Å²) < 4.78 is 106. The normalized spacial score (nSPS) is 11.3. The van der Waals surface area contributed by atoms with E-state index in [2.05, 4.69) is 19.8 Å². The summed E-state index contributed by atoms with van der Waals surface area (Å²) in [6, 6.07) is 6.38. The fraction of sp³-hybridized carbons (Fsp3) is 0.100. The van der Waals surface area contributed by atoms with Gasteiger partial charge >= 0.3 is 6.61 Å². The van der Waals surface area contributed by atoms with Crippen molar-refractivity contribution in [3.05, 3.63) is 70.9 Å².